The molecule has 18 heavy (non-hydrogen) atoms. The summed E-state index contributed by atoms with van der Waals surface area (Å²) in [6.07, 6.45) is 11.3. The van der Waals surface area contributed by atoms with Crippen molar-refractivity contribution in [1.29, 1.82) is 0 Å². The van der Waals surface area contributed by atoms with E-state index in [4.69, 9.17) is 0 Å². The predicted molar refractivity (Wildman–Crippen MR) is 74.3 cm³/mol. The third kappa shape index (κ3) is 2.75. The van der Waals surface area contributed by atoms with Gasteiger partial charge in [-0.25, -0.2) is 0 Å². The molecule has 104 valence electrons. The molecule has 0 amide bonds. The molecule has 3 aliphatic rings. The van der Waals surface area contributed by atoms with Gasteiger partial charge in [-0.15, -0.1) is 0 Å². The van der Waals surface area contributed by atoms with E-state index in [1.54, 1.807) is 0 Å². The maximum Gasteiger partial charge on any atom is 0.0462 e. The second kappa shape index (κ2) is 5.92. The van der Waals surface area contributed by atoms with Gasteiger partial charge in [-0.05, 0) is 74.8 Å². The van der Waals surface area contributed by atoms with E-state index in [9.17, 15) is 5.11 Å². The summed E-state index contributed by atoms with van der Waals surface area (Å²) < 4.78 is 0. The first-order valence-corrected chi connectivity index (χ1v) is 8.18. The molecular weight excluding hydrogens is 222 g/mol. The summed E-state index contributed by atoms with van der Waals surface area (Å²) in [4.78, 5) is 0. The Morgan fingerprint density at radius 3 is 2.28 bits per heavy atom. The Morgan fingerprint density at radius 1 is 0.833 bits per heavy atom. The SMILES string of the molecule is OCC1CCCCC1CNCC1CC2CCC1C2. The fourth-order valence-electron chi connectivity index (χ4n) is 4.87. The van der Waals surface area contributed by atoms with Crippen LogP contribution in [0.1, 0.15) is 51.4 Å². The minimum Gasteiger partial charge on any atom is -0.396 e. The molecule has 0 spiro atoms. The fourth-order valence-corrected chi connectivity index (χ4v) is 4.87. The first-order valence-electron chi connectivity index (χ1n) is 8.18. The van der Waals surface area contributed by atoms with Crippen LogP contribution in [0.3, 0.4) is 0 Å². The van der Waals surface area contributed by atoms with E-state index >= 15 is 0 Å². The van der Waals surface area contributed by atoms with E-state index < -0.39 is 0 Å². The van der Waals surface area contributed by atoms with Gasteiger partial charge in [-0.2, -0.15) is 0 Å². The van der Waals surface area contributed by atoms with Crippen molar-refractivity contribution in [2.75, 3.05) is 19.7 Å². The Bertz CT molecular complexity index is 268. The van der Waals surface area contributed by atoms with Gasteiger partial charge in [-0.3, -0.25) is 0 Å². The van der Waals surface area contributed by atoms with Crippen LogP contribution >= 0.6 is 0 Å². The van der Waals surface area contributed by atoms with Crippen LogP contribution in [0.15, 0.2) is 0 Å². The molecule has 0 aliphatic heterocycles. The Labute approximate surface area is 112 Å². The van der Waals surface area contributed by atoms with Crippen LogP contribution in [0.5, 0.6) is 0 Å². The normalized spacial score (nSPS) is 43.5. The van der Waals surface area contributed by atoms with Crippen LogP contribution < -0.4 is 5.32 Å². The molecule has 2 bridgehead atoms. The quantitative estimate of drug-likeness (QED) is 0.787. The lowest BCUT2D eigenvalue weighted by atomic mass is 9.79. The van der Waals surface area contributed by atoms with Crippen LogP contribution in [0.4, 0.5) is 0 Å². The standard InChI is InChI=1S/C16H29NO/c18-11-15-4-2-1-3-14(15)9-17-10-16-8-12-5-6-13(16)7-12/h12-18H,1-11H2. The lowest BCUT2D eigenvalue weighted by molar-refractivity contribution is 0.131. The maximum atomic E-state index is 9.43. The summed E-state index contributed by atoms with van der Waals surface area (Å²) >= 11 is 0. The van der Waals surface area contributed by atoms with Crippen molar-refractivity contribution in [2.45, 2.75) is 51.4 Å². The largest absolute Gasteiger partial charge is 0.396 e. The Hall–Kier alpha value is -0.0800. The van der Waals surface area contributed by atoms with E-state index in [0.29, 0.717) is 12.5 Å². The maximum absolute atomic E-state index is 9.43. The topological polar surface area (TPSA) is 32.3 Å². The monoisotopic (exact) mass is 251 g/mol. The highest BCUT2D eigenvalue weighted by molar-refractivity contribution is 4.91. The number of nitrogens with one attached hydrogen (secondary N) is 1. The summed E-state index contributed by atoms with van der Waals surface area (Å²) in [6.45, 7) is 2.80. The van der Waals surface area contributed by atoms with Crippen molar-refractivity contribution >= 4 is 0 Å². The molecule has 3 aliphatic carbocycles. The number of rotatable bonds is 5. The third-order valence-electron chi connectivity index (χ3n) is 6.00. The average Bonchev–Trinajstić information content (AvgIpc) is 3.02. The molecule has 3 saturated carbocycles. The van der Waals surface area contributed by atoms with Crippen LogP contribution in [0.25, 0.3) is 0 Å². The lowest BCUT2D eigenvalue weighted by Gasteiger charge is -2.31. The summed E-state index contributed by atoms with van der Waals surface area (Å²) in [5.74, 6) is 4.40. The van der Waals surface area contributed by atoms with Crippen LogP contribution in [-0.4, -0.2) is 24.8 Å². The smallest absolute Gasteiger partial charge is 0.0462 e. The molecule has 0 saturated heterocycles. The van der Waals surface area contributed by atoms with Gasteiger partial charge in [0.15, 0.2) is 0 Å². The van der Waals surface area contributed by atoms with Crippen LogP contribution in [0, 0.1) is 29.6 Å². The molecule has 5 unspecified atom stereocenters. The van der Waals surface area contributed by atoms with Gasteiger partial charge in [-0.1, -0.05) is 19.3 Å². The molecule has 0 aromatic heterocycles. The molecule has 2 N–H and O–H groups in total. The number of aliphatic hydroxyl groups excluding tert-OH is 1. The zero-order valence-corrected chi connectivity index (χ0v) is 11.6. The molecule has 0 radical (unpaired) electrons. The third-order valence-corrected chi connectivity index (χ3v) is 6.00. The van der Waals surface area contributed by atoms with E-state index in [1.165, 1.54) is 57.9 Å². The molecule has 2 nitrogen and oxygen atoms in total. The van der Waals surface area contributed by atoms with Gasteiger partial charge < -0.3 is 10.4 Å². The van der Waals surface area contributed by atoms with E-state index in [1.807, 2.05) is 0 Å². The summed E-state index contributed by atoms with van der Waals surface area (Å²) in [7, 11) is 0. The molecule has 3 fully saturated rings. The minimum atomic E-state index is 0.403. The highest BCUT2D eigenvalue weighted by atomic mass is 16.3. The van der Waals surface area contributed by atoms with E-state index in [-0.39, 0.29) is 0 Å². The zero-order valence-electron chi connectivity index (χ0n) is 11.6. The van der Waals surface area contributed by atoms with E-state index in [0.717, 1.165) is 30.2 Å². The van der Waals surface area contributed by atoms with Gasteiger partial charge in [0.1, 0.15) is 0 Å². The fraction of sp³-hybridized carbons (Fsp3) is 1.00. The second-order valence-electron chi connectivity index (χ2n) is 7.08. The zero-order chi connectivity index (χ0) is 12.4. The van der Waals surface area contributed by atoms with Gasteiger partial charge in [0, 0.05) is 6.61 Å². The molecular formula is C16H29NO. The Morgan fingerprint density at radius 2 is 1.61 bits per heavy atom. The van der Waals surface area contributed by atoms with Crippen LogP contribution in [0.2, 0.25) is 0 Å². The number of hydrogen-bond acceptors (Lipinski definition) is 2. The molecule has 3 rings (SSSR count). The van der Waals surface area contributed by atoms with Crippen molar-refractivity contribution in [3.63, 3.8) is 0 Å². The molecule has 2 heteroatoms. The van der Waals surface area contributed by atoms with E-state index in [2.05, 4.69) is 5.32 Å². The van der Waals surface area contributed by atoms with Crippen molar-refractivity contribution in [3.05, 3.63) is 0 Å². The summed E-state index contributed by atoms with van der Waals surface area (Å²) in [5, 5.41) is 13.2. The van der Waals surface area contributed by atoms with Crippen molar-refractivity contribution in [3.8, 4) is 0 Å². The second-order valence-corrected chi connectivity index (χ2v) is 7.08. The minimum absolute atomic E-state index is 0.403. The Kier molecular flexibility index (Phi) is 4.25. The van der Waals surface area contributed by atoms with Gasteiger partial charge in [0.25, 0.3) is 0 Å². The molecule has 0 aromatic carbocycles. The van der Waals surface area contributed by atoms with Gasteiger partial charge in [0.2, 0.25) is 0 Å². The molecule has 5 atom stereocenters. The number of hydrogen-bond donors (Lipinski definition) is 2. The highest BCUT2D eigenvalue weighted by Crippen LogP contribution is 2.47. The van der Waals surface area contributed by atoms with Gasteiger partial charge >= 0.3 is 0 Å². The lowest BCUT2D eigenvalue weighted by Crippen LogP contribution is -2.35. The average molecular weight is 251 g/mol. The van der Waals surface area contributed by atoms with Crippen molar-refractivity contribution in [2.24, 2.45) is 29.6 Å². The Balaban J connectivity index is 1.38. The van der Waals surface area contributed by atoms with Crippen molar-refractivity contribution < 1.29 is 5.11 Å². The summed E-state index contributed by atoms with van der Waals surface area (Å²) in [6, 6.07) is 0. The number of aliphatic hydroxyl groups is 1. The first kappa shape index (κ1) is 12.9. The molecule has 0 aromatic rings. The van der Waals surface area contributed by atoms with Gasteiger partial charge in [0.05, 0.1) is 0 Å². The summed E-state index contributed by atoms with van der Waals surface area (Å²) in [5.41, 5.74) is 0. The number of fused-ring (bicyclic) bond motifs is 2. The highest BCUT2D eigenvalue weighted by Gasteiger charge is 2.39. The predicted octanol–water partition coefficient (Wildman–Crippen LogP) is 2.81. The van der Waals surface area contributed by atoms with Crippen LogP contribution in [-0.2, 0) is 0 Å². The first-order chi connectivity index (χ1) is 8.86. The molecule has 0 heterocycles. The van der Waals surface area contributed by atoms with Crippen molar-refractivity contribution in [1.82, 2.24) is 5.32 Å².